The van der Waals surface area contributed by atoms with E-state index in [4.69, 9.17) is 0 Å². The van der Waals surface area contributed by atoms with Crippen molar-refractivity contribution in [3.63, 3.8) is 0 Å². The van der Waals surface area contributed by atoms with Gasteiger partial charge < -0.3 is 9.80 Å². The molecule has 0 spiro atoms. The molecule has 0 fully saturated rings. The molecule has 47 heavy (non-hydrogen) atoms. The van der Waals surface area contributed by atoms with Crippen LogP contribution in [0.4, 0.5) is 11.4 Å². The van der Waals surface area contributed by atoms with E-state index in [1.165, 1.54) is 12.1 Å². The normalized spacial score (nSPS) is 11.9. The summed E-state index contributed by atoms with van der Waals surface area (Å²) in [6, 6.07) is 38.8. The van der Waals surface area contributed by atoms with Gasteiger partial charge in [0.2, 0.25) is 0 Å². The van der Waals surface area contributed by atoms with Gasteiger partial charge in [-0.25, -0.2) is 0 Å². The number of benzene rings is 5. The van der Waals surface area contributed by atoms with Crippen molar-refractivity contribution in [2.24, 2.45) is 0 Å². The van der Waals surface area contributed by atoms with Crippen LogP contribution in [-0.4, -0.2) is 39.0 Å². The zero-order chi connectivity index (χ0) is 33.6. The predicted octanol–water partition coefficient (Wildman–Crippen LogP) is 7.41. The second-order valence-corrected chi connectivity index (χ2v) is 14.0. The summed E-state index contributed by atoms with van der Waals surface area (Å²) in [5.41, 5.74) is 5.59. The molecule has 0 atom stereocenters. The molecule has 0 unspecified atom stereocenters. The van der Waals surface area contributed by atoms with Crippen LogP contribution in [0, 0.1) is 0 Å². The van der Waals surface area contributed by atoms with Gasteiger partial charge in [0.1, 0.15) is 0 Å². The summed E-state index contributed by atoms with van der Waals surface area (Å²) in [4.78, 5) is 3.16. The smallest absolute Gasteiger partial charge is 0.294 e. The van der Waals surface area contributed by atoms with Gasteiger partial charge in [0.15, 0.2) is 0 Å². The monoisotopic (exact) mass is 670 g/mol. The highest BCUT2D eigenvalue weighted by Gasteiger charge is 2.31. The summed E-state index contributed by atoms with van der Waals surface area (Å²) in [6.07, 6.45) is 0. The third-order valence-electron chi connectivity index (χ3n) is 8.24. The van der Waals surface area contributed by atoms with Gasteiger partial charge in [0.05, 0.1) is 9.79 Å². The van der Waals surface area contributed by atoms with E-state index in [1.807, 2.05) is 123 Å². The maximum absolute atomic E-state index is 13.0. The van der Waals surface area contributed by atoms with Crippen LogP contribution < -0.4 is 9.80 Å². The standard InChI is InChI=1S/C37H38N2O6S2/c1-3-38(26-28-15-7-5-8-16-28)34-21-13-11-19-31(34)37(33-24-23-30(46(40,41)42)25-36(33)47(43,44)45)32-20-12-14-22-35(32)39(4-2)27-29-17-9-6-10-18-29/h5-25,37H,3-4,26-27H2,1-2H3,(H,40,41,42)(H,43,44,45). The average Bonchev–Trinajstić information content (AvgIpc) is 3.07. The van der Waals surface area contributed by atoms with Crippen molar-refractivity contribution in [3.8, 4) is 0 Å². The first-order valence-electron chi connectivity index (χ1n) is 15.4. The Hall–Kier alpha value is -4.48. The molecule has 0 amide bonds. The molecular formula is C37H38N2O6S2. The Kier molecular flexibility index (Phi) is 10.5. The Bertz CT molecular complexity index is 1940. The fourth-order valence-corrected chi connectivity index (χ4v) is 7.36. The van der Waals surface area contributed by atoms with E-state index in [2.05, 4.69) is 9.80 Å². The topological polar surface area (TPSA) is 115 Å². The van der Waals surface area contributed by atoms with Crippen molar-refractivity contribution >= 4 is 31.6 Å². The second-order valence-electron chi connectivity index (χ2n) is 11.2. The quantitative estimate of drug-likeness (QED) is 0.0983. The molecule has 0 bridgehead atoms. The Morgan fingerprint density at radius 2 is 0.957 bits per heavy atom. The first-order valence-corrected chi connectivity index (χ1v) is 18.2. The molecular weight excluding hydrogens is 633 g/mol. The number of anilines is 2. The number of nitrogens with zero attached hydrogens (tertiary/aromatic N) is 2. The molecule has 0 heterocycles. The van der Waals surface area contributed by atoms with E-state index in [0.29, 0.717) is 26.2 Å². The van der Waals surface area contributed by atoms with Crippen LogP contribution in [-0.2, 0) is 33.3 Å². The zero-order valence-corrected chi connectivity index (χ0v) is 27.9. The van der Waals surface area contributed by atoms with E-state index in [9.17, 15) is 25.9 Å². The summed E-state index contributed by atoms with van der Waals surface area (Å²) in [5.74, 6) is -0.774. The van der Waals surface area contributed by atoms with Crippen LogP contribution in [0.5, 0.6) is 0 Å². The molecule has 5 aromatic rings. The first kappa shape index (κ1) is 33.9. The molecule has 0 radical (unpaired) electrons. The largest absolute Gasteiger partial charge is 0.367 e. The summed E-state index contributed by atoms with van der Waals surface area (Å²) >= 11 is 0. The Morgan fingerprint density at radius 3 is 1.36 bits per heavy atom. The Balaban J connectivity index is 1.79. The van der Waals surface area contributed by atoms with E-state index >= 15 is 0 Å². The van der Waals surface area contributed by atoms with Crippen LogP contribution in [0.25, 0.3) is 0 Å². The molecule has 0 aliphatic carbocycles. The third kappa shape index (κ3) is 7.91. The fraction of sp³-hybridized carbons (Fsp3) is 0.189. The van der Waals surface area contributed by atoms with Gasteiger partial charge in [-0.3, -0.25) is 9.11 Å². The van der Waals surface area contributed by atoms with Gasteiger partial charge >= 0.3 is 0 Å². The summed E-state index contributed by atoms with van der Waals surface area (Å²) in [6.45, 7) is 6.55. The minimum atomic E-state index is -4.95. The molecule has 10 heteroatoms. The van der Waals surface area contributed by atoms with Crippen LogP contribution in [0.1, 0.15) is 47.6 Å². The summed E-state index contributed by atoms with van der Waals surface area (Å²) < 4.78 is 70.5. The third-order valence-corrected chi connectivity index (χ3v) is 10.0. The highest BCUT2D eigenvalue weighted by molar-refractivity contribution is 7.86. The minimum Gasteiger partial charge on any atom is -0.367 e. The number of hydrogen-bond donors (Lipinski definition) is 2. The van der Waals surface area contributed by atoms with Gasteiger partial charge in [-0.15, -0.1) is 0 Å². The average molecular weight is 671 g/mol. The lowest BCUT2D eigenvalue weighted by molar-refractivity contribution is 0.480. The van der Waals surface area contributed by atoms with Gasteiger partial charge in [0, 0.05) is 43.5 Å². The molecule has 5 aromatic carbocycles. The van der Waals surface area contributed by atoms with Crippen LogP contribution >= 0.6 is 0 Å². The first-order chi connectivity index (χ1) is 22.5. The molecule has 2 N–H and O–H groups in total. The van der Waals surface area contributed by atoms with Crippen molar-refractivity contribution in [1.29, 1.82) is 0 Å². The highest BCUT2D eigenvalue weighted by Crippen LogP contribution is 2.44. The van der Waals surface area contributed by atoms with Gasteiger partial charge in [-0.1, -0.05) is 103 Å². The molecule has 0 aliphatic rings. The van der Waals surface area contributed by atoms with Crippen LogP contribution in [0.3, 0.4) is 0 Å². The van der Waals surface area contributed by atoms with Crippen molar-refractivity contribution in [2.45, 2.75) is 42.6 Å². The van der Waals surface area contributed by atoms with E-state index in [1.54, 1.807) is 0 Å². The maximum atomic E-state index is 13.0. The molecule has 244 valence electrons. The predicted molar refractivity (Wildman–Crippen MR) is 186 cm³/mol. The number of rotatable bonds is 13. The lowest BCUT2D eigenvalue weighted by Crippen LogP contribution is -2.26. The number of hydrogen-bond acceptors (Lipinski definition) is 6. The molecule has 0 saturated carbocycles. The molecule has 0 aliphatic heterocycles. The van der Waals surface area contributed by atoms with E-state index < -0.39 is 35.9 Å². The van der Waals surface area contributed by atoms with Gasteiger partial charge in [-0.2, -0.15) is 16.8 Å². The minimum absolute atomic E-state index is 0.173. The van der Waals surface area contributed by atoms with Crippen molar-refractivity contribution in [1.82, 2.24) is 0 Å². The molecule has 0 saturated heterocycles. The van der Waals surface area contributed by atoms with Crippen molar-refractivity contribution in [2.75, 3.05) is 22.9 Å². The van der Waals surface area contributed by atoms with E-state index in [0.717, 1.165) is 39.7 Å². The fourth-order valence-electron chi connectivity index (χ4n) is 6.02. The van der Waals surface area contributed by atoms with Crippen molar-refractivity contribution < 1.29 is 25.9 Å². The second kappa shape index (κ2) is 14.5. The Morgan fingerprint density at radius 1 is 0.532 bits per heavy atom. The number of para-hydroxylation sites is 2. The van der Waals surface area contributed by atoms with Crippen LogP contribution in [0.15, 0.2) is 137 Å². The maximum Gasteiger partial charge on any atom is 0.294 e. The molecule has 8 nitrogen and oxygen atoms in total. The molecule has 0 aromatic heterocycles. The van der Waals surface area contributed by atoms with Gasteiger partial charge in [0.25, 0.3) is 20.2 Å². The van der Waals surface area contributed by atoms with Crippen molar-refractivity contribution in [3.05, 3.63) is 155 Å². The SMILES string of the molecule is CCN(Cc1ccccc1)c1ccccc1C(c1ccccc1N(CC)Cc1ccccc1)c1ccc(S(=O)(=O)O)cc1S(=O)(=O)O. The Labute approximate surface area is 277 Å². The van der Waals surface area contributed by atoms with E-state index in [-0.39, 0.29) is 5.56 Å². The lowest BCUT2D eigenvalue weighted by atomic mass is 9.82. The van der Waals surface area contributed by atoms with Gasteiger partial charge in [-0.05, 0) is 65.9 Å². The lowest BCUT2D eigenvalue weighted by Gasteiger charge is -2.33. The summed E-state index contributed by atoms with van der Waals surface area (Å²) in [5, 5.41) is 0. The zero-order valence-electron chi connectivity index (χ0n) is 26.3. The summed E-state index contributed by atoms with van der Waals surface area (Å²) in [7, 11) is -9.72. The highest BCUT2D eigenvalue weighted by atomic mass is 32.2. The molecule has 5 rings (SSSR count). The van der Waals surface area contributed by atoms with Crippen LogP contribution in [0.2, 0.25) is 0 Å².